The van der Waals surface area contributed by atoms with Crippen molar-refractivity contribution >= 4 is 11.8 Å². The van der Waals surface area contributed by atoms with Crippen LogP contribution in [0.25, 0.3) is 0 Å². The minimum atomic E-state index is -0.169. The minimum absolute atomic E-state index is 0.0315. The number of ether oxygens (including phenoxy) is 4. The first-order chi connectivity index (χ1) is 15.0. The SMILES string of the molecule is COc1cccc(CC(=O)N2CCN(C(=O)c3ccc(OC)c(OC)c3OC)CC2)c1. The summed E-state index contributed by atoms with van der Waals surface area (Å²) in [6.07, 6.45) is 0.300. The molecule has 0 bridgehead atoms. The lowest BCUT2D eigenvalue weighted by molar-refractivity contribution is -0.131. The summed E-state index contributed by atoms with van der Waals surface area (Å²) in [5.41, 5.74) is 1.30. The van der Waals surface area contributed by atoms with E-state index in [1.165, 1.54) is 21.3 Å². The van der Waals surface area contributed by atoms with Crippen molar-refractivity contribution in [1.29, 1.82) is 0 Å². The van der Waals surface area contributed by atoms with Gasteiger partial charge in [0.15, 0.2) is 11.5 Å². The van der Waals surface area contributed by atoms with Gasteiger partial charge in [-0.1, -0.05) is 12.1 Å². The van der Waals surface area contributed by atoms with Crippen molar-refractivity contribution in [2.45, 2.75) is 6.42 Å². The molecule has 8 nitrogen and oxygen atoms in total. The van der Waals surface area contributed by atoms with Gasteiger partial charge >= 0.3 is 0 Å². The summed E-state index contributed by atoms with van der Waals surface area (Å²) in [5, 5.41) is 0. The van der Waals surface area contributed by atoms with Gasteiger partial charge in [-0.3, -0.25) is 9.59 Å². The van der Waals surface area contributed by atoms with E-state index in [-0.39, 0.29) is 11.8 Å². The lowest BCUT2D eigenvalue weighted by atomic mass is 10.1. The van der Waals surface area contributed by atoms with Crippen LogP contribution in [0.15, 0.2) is 36.4 Å². The Hall–Kier alpha value is -3.42. The first-order valence-electron chi connectivity index (χ1n) is 10.0. The number of carbonyl (C=O) groups is 2. The van der Waals surface area contributed by atoms with Crippen molar-refractivity contribution in [3.05, 3.63) is 47.5 Å². The van der Waals surface area contributed by atoms with E-state index in [0.717, 1.165) is 11.3 Å². The van der Waals surface area contributed by atoms with Crippen molar-refractivity contribution in [3.8, 4) is 23.0 Å². The molecule has 1 saturated heterocycles. The highest BCUT2D eigenvalue weighted by Crippen LogP contribution is 2.40. The minimum Gasteiger partial charge on any atom is -0.497 e. The van der Waals surface area contributed by atoms with Gasteiger partial charge in [0.25, 0.3) is 5.91 Å². The van der Waals surface area contributed by atoms with E-state index in [4.69, 9.17) is 18.9 Å². The quantitative estimate of drug-likeness (QED) is 0.673. The molecule has 0 aromatic heterocycles. The van der Waals surface area contributed by atoms with E-state index >= 15 is 0 Å². The smallest absolute Gasteiger partial charge is 0.257 e. The zero-order valence-electron chi connectivity index (χ0n) is 18.3. The molecule has 0 N–H and O–H groups in total. The molecule has 1 heterocycles. The van der Waals surface area contributed by atoms with Gasteiger partial charge < -0.3 is 28.7 Å². The van der Waals surface area contributed by atoms with Gasteiger partial charge in [-0.15, -0.1) is 0 Å². The van der Waals surface area contributed by atoms with E-state index in [0.29, 0.717) is 55.4 Å². The van der Waals surface area contributed by atoms with Crippen molar-refractivity contribution < 1.29 is 28.5 Å². The molecule has 1 aliphatic rings. The van der Waals surface area contributed by atoms with Crippen LogP contribution in [0, 0.1) is 0 Å². The van der Waals surface area contributed by atoms with E-state index < -0.39 is 0 Å². The van der Waals surface area contributed by atoms with Crippen LogP contribution in [-0.2, 0) is 11.2 Å². The molecule has 0 aliphatic carbocycles. The van der Waals surface area contributed by atoms with Crippen LogP contribution in [0.5, 0.6) is 23.0 Å². The fraction of sp³-hybridized carbons (Fsp3) is 0.391. The van der Waals surface area contributed by atoms with Crippen LogP contribution in [0.4, 0.5) is 0 Å². The summed E-state index contributed by atoms with van der Waals surface area (Å²) in [7, 11) is 6.12. The zero-order valence-corrected chi connectivity index (χ0v) is 18.3. The average Bonchev–Trinajstić information content (AvgIpc) is 2.82. The Labute approximate surface area is 182 Å². The molecule has 2 amide bonds. The Morgan fingerprint density at radius 3 is 2.10 bits per heavy atom. The third-order valence-corrected chi connectivity index (χ3v) is 5.34. The van der Waals surface area contributed by atoms with Gasteiger partial charge in [-0.25, -0.2) is 0 Å². The summed E-state index contributed by atoms with van der Waals surface area (Å²) in [6, 6.07) is 10.8. The summed E-state index contributed by atoms with van der Waals surface area (Å²) < 4.78 is 21.3. The molecular formula is C23H28N2O6. The predicted molar refractivity (Wildman–Crippen MR) is 115 cm³/mol. The number of hydrogen-bond acceptors (Lipinski definition) is 6. The topological polar surface area (TPSA) is 77.5 Å². The highest BCUT2D eigenvalue weighted by Gasteiger charge is 2.28. The van der Waals surface area contributed by atoms with E-state index in [2.05, 4.69) is 0 Å². The first-order valence-corrected chi connectivity index (χ1v) is 10.0. The number of piperazine rings is 1. The number of hydrogen-bond donors (Lipinski definition) is 0. The van der Waals surface area contributed by atoms with Crippen molar-refractivity contribution in [1.82, 2.24) is 9.80 Å². The number of benzene rings is 2. The number of rotatable bonds is 7. The Morgan fingerprint density at radius 2 is 1.48 bits per heavy atom. The molecule has 0 atom stereocenters. The second-order valence-corrected chi connectivity index (χ2v) is 7.08. The average molecular weight is 428 g/mol. The van der Waals surface area contributed by atoms with E-state index in [9.17, 15) is 9.59 Å². The summed E-state index contributed by atoms with van der Waals surface area (Å²) in [4.78, 5) is 29.3. The number of carbonyl (C=O) groups excluding carboxylic acids is 2. The molecule has 0 spiro atoms. The lowest BCUT2D eigenvalue weighted by Crippen LogP contribution is -2.51. The monoisotopic (exact) mass is 428 g/mol. The molecular weight excluding hydrogens is 400 g/mol. The largest absolute Gasteiger partial charge is 0.497 e. The van der Waals surface area contributed by atoms with Crippen LogP contribution >= 0.6 is 0 Å². The van der Waals surface area contributed by atoms with E-state index in [1.807, 2.05) is 24.3 Å². The summed E-state index contributed by atoms with van der Waals surface area (Å²) in [6.45, 7) is 1.84. The maximum Gasteiger partial charge on any atom is 0.257 e. The molecule has 0 saturated carbocycles. The lowest BCUT2D eigenvalue weighted by Gasteiger charge is -2.35. The molecule has 2 aromatic rings. The molecule has 166 valence electrons. The second kappa shape index (κ2) is 10.1. The van der Waals surface area contributed by atoms with Crippen molar-refractivity contribution in [2.75, 3.05) is 54.6 Å². The molecule has 0 radical (unpaired) electrons. The molecule has 1 fully saturated rings. The van der Waals surface area contributed by atoms with Gasteiger partial charge in [0, 0.05) is 26.2 Å². The standard InChI is InChI=1S/C23H28N2O6/c1-28-17-7-5-6-16(14-17)15-20(26)24-10-12-25(13-11-24)23(27)18-8-9-19(29-2)22(31-4)21(18)30-3/h5-9,14H,10-13,15H2,1-4H3. The Morgan fingerprint density at radius 1 is 0.806 bits per heavy atom. The van der Waals surface area contributed by atoms with Crippen LogP contribution < -0.4 is 18.9 Å². The molecule has 3 rings (SSSR count). The summed E-state index contributed by atoms with van der Waals surface area (Å²) in [5.74, 6) is 1.79. The fourth-order valence-corrected chi connectivity index (χ4v) is 3.67. The van der Waals surface area contributed by atoms with Gasteiger partial charge in [0.1, 0.15) is 5.75 Å². The molecule has 31 heavy (non-hydrogen) atoms. The number of methoxy groups -OCH3 is 4. The number of nitrogens with zero attached hydrogens (tertiary/aromatic N) is 2. The fourth-order valence-electron chi connectivity index (χ4n) is 3.67. The molecule has 1 aliphatic heterocycles. The van der Waals surface area contributed by atoms with Crippen LogP contribution in [-0.4, -0.2) is 76.2 Å². The molecule has 8 heteroatoms. The predicted octanol–water partition coefficient (Wildman–Crippen LogP) is 2.25. The van der Waals surface area contributed by atoms with Crippen molar-refractivity contribution in [3.63, 3.8) is 0 Å². The number of amides is 2. The second-order valence-electron chi connectivity index (χ2n) is 7.08. The van der Waals surface area contributed by atoms with Gasteiger partial charge in [0.05, 0.1) is 40.4 Å². The molecule has 2 aromatic carbocycles. The third kappa shape index (κ3) is 4.84. The zero-order chi connectivity index (χ0) is 22.4. The van der Waals surface area contributed by atoms with Gasteiger partial charge in [-0.05, 0) is 29.8 Å². The van der Waals surface area contributed by atoms with Crippen LogP contribution in [0.1, 0.15) is 15.9 Å². The normalized spacial score (nSPS) is 13.5. The van der Waals surface area contributed by atoms with Gasteiger partial charge in [-0.2, -0.15) is 0 Å². The Bertz CT molecular complexity index is 938. The Kier molecular flexibility index (Phi) is 7.23. The Balaban J connectivity index is 1.65. The third-order valence-electron chi connectivity index (χ3n) is 5.34. The highest BCUT2D eigenvalue weighted by molar-refractivity contribution is 5.98. The van der Waals surface area contributed by atoms with Crippen molar-refractivity contribution in [2.24, 2.45) is 0 Å². The summed E-state index contributed by atoms with van der Waals surface area (Å²) >= 11 is 0. The molecule has 0 unspecified atom stereocenters. The van der Waals surface area contributed by atoms with Crippen LogP contribution in [0.3, 0.4) is 0 Å². The maximum atomic E-state index is 13.1. The highest BCUT2D eigenvalue weighted by atomic mass is 16.5. The van der Waals surface area contributed by atoms with Gasteiger partial charge in [0.2, 0.25) is 11.7 Å². The van der Waals surface area contributed by atoms with Crippen LogP contribution in [0.2, 0.25) is 0 Å². The van der Waals surface area contributed by atoms with E-state index in [1.54, 1.807) is 29.0 Å². The first kappa shape index (κ1) is 22.3. The maximum absolute atomic E-state index is 13.1.